The Morgan fingerprint density at radius 2 is 1.57 bits per heavy atom. The van der Waals surface area contributed by atoms with Crippen LogP contribution in [0.1, 0.15) is 106 Å². The lowest BCUT2D eigenvalue weighted by atomic mass is 9.75. The molecule has 3 rings (SSSR count). The van der Waals surface area contributed by atoms with Crippen LogP contribution in [0.5, 0.6) is 0 Å². The zero-order valence-electron chi connectivity index (χ0n) is 28.5. The number of esters is 5. The van der Waals surface area contributed by atoms with Gasteiger partial charge in [0.25, 0.3) is 0 Å². The third-order valence-electron chi connectivity index (χ3n) is 9.57. The molecular weight excluding hydrogens is 616 g/mol. The molecule has 8 atom stereocenters. The van der Waals surface area contributed by atoms with E-state index in [1.165, 1.54) is 6.92 Å². The maximum atomic E-state index is 13.4. The minimum absolute atomic E-state index is 0.0177. The quantitative estimate of drug-likeness (QED) is 0.0807. The first kappa shape index (κ1) is 38.2. The predicted molar refractivity (Wildman–Crippen MR) is 165 cm³/mol. The second-order valence-electron chi connectivity index (χ2n) is 13.1. The lowest BCUT2D eigenvalue weighted by molar-refractivity contribution is -0.212. The molecule has 13 heteroatoms. The van der Waals surface area contributed by atoms with Crippen LogP contribution in [0.3, 0.4) is 0 Å². The third-order valence-corrected chi connectivity index (χ3v) is 9.57. The molecule has 1 aliphatic heterocycles. The van der Waals surface area contributed by atoms with Crippen LogP contribution >= 0.6 is 0 Å². The molecule has 0 aromatic carbocycles. The Labute approximate surface area is 275 Å². The number of rotatable bonds is 14. The van der Waals surface area contributed by atoms with Gasteiger partial charge in [-0.25, -0.2) is 9.59 Å². The van der Waals surface area contributed by atoms with Crippen molar-refractivity contribution in [3.8, 4) is 0 Å². The average Bonchev–Trinajstić information content (AvgIpc) is 3.32. The number of hydrogen-bond acceptors (Lipinski definition) is 13. The van der Waals surface area contributed by atoms with Crippen LogP contribution in [0.4, 0.5) is 0 Å². The highest BCUT2D eigenvalue weighted by atomic mass is 16.6. The van der Waals surface area contributed by atoms with Gasteiger partial charge >= 0.3 is 29.8 Å². The zero-order chi connectivity index (χ0) is 35.3. The van der Waals surface area contributed by atoms with Crippen LogP contribution in [-0.2, 0) is 47.7 Å². The summed E-state index contributed by atoms with van der Waals surface area (Å²) in [5.74, 6) is -5.16. The maximum absolute atomic E-state index is 13.4. The van der Waals surface area contributed by atoms with E-state index in [1.54, 1.807) is 33.8 Å². The van der Waals surface area contributed by atoms with E-state index in [-0.39, 0.29) is 36.2 Å². The number of ether oxygens (including phenoxy) is 5. The van der Waals surface area contributed by atoms with Crippen molar-refractivity contribution in [3.05, 3.63) is 22.8 Å². The molecule has 13 nitrogen and oxygen atoms in total. The van der Waals surface area contributed by atoms with E-state index >= 15 is 0 Å². The molecule has 3 aliphatic rings. The number of aliphatic hydroxyl groups is 3. The van der Waals surface area contributed by atoms with Gasteiger partial charge in [0.1, 0.15) is 11.7 Å². The Morgan fingerprint density at radius 1 is 0.957 bits per heavy atom. The van der Waals surface area contributed by atoms with Gasteiger partial charge in [-0.1, -0.05) is 32.3 Å². The van der Waals surface area contributed by atoms with Gasteiger partial charge in [0.2, 0.25) is 0 Å². The van der Waals surface area contributed by atoms with E-state index < -0.39 is 83.4 Å². The standard InChI is InChI=1S/C34H50O13/c1-8-15-23(37)43-22-18-32(6,47-21(5)36)26-25(29-34(22,42)33(7,41)31(40)46-29)20(4)27(45-30(39)19(3)9-2)28(26)44-24(38)16-13-11-10-12-14-17-35/h9,22,26-29,35,41-42H,8,10-18H2,1-7H3/b19-9-/t22-,26+,27-,28-,29-,32-,33+,34+/m0/s1. The van der Waals surface area contributed by atoms with Gasteiger partial charge < -0.3 is 39.0 Å². The highest BCUT2D eigenvalue weighted by molar-refractivity contribution is 5.88. The number of aliphatic hydroxyl groups excluding tert-OH is 1. The molecule has 0 unspecified atom stereocenters. The number of allylic oxidation sites excluding steroid dienone is 1. The minimum atomic E-state index is -2.59. The molecule has 0 bridgehead atoms. The molecule has 3 N–H and O–H groups in total. The fraction of sp³-hybridized carbons (Fsp3) is 0.735. The molecule has 1 saturated carbocycles. The SMILES string of the molecule is C/C=C(/C)C(=O)O[C@H]1C(C)=C2[C@H]([C@@H]1OC(=O)CCCCCCCO)[C@@](C)(OC(C)=O)C[C@H](OC(=O)CCC)[C@@]1(O)[C@H]2OC(=O)[C@@]1(C)O. The number of unbranched alkanes of at least 4 members (excludes halogenated alkanes) is 4. The van der Waals surface area contributed by atoms with Crippen molar-refractivity contribution < 1.29 is 63.0 Å². The van der Waals surface area contributed by atoms with E-state index in [0.717, 1.165) is 26.7 Å². The van der Waals surface area contributed by atoms with Gasteiger partial charge in [0.05, 0.1) is 5.92 Å². The Hall–Kier alpha value is -3.29. The molecule has 0 radical (unpaired) electrons. The molecule has 1 heterocycles. The topological polar surface area (TPSA) is 192 Å². The van der Waals surface area contributed by atoms with Gasteiger partial charge in [-0.3, -0.25) is 14.4 Å². The molecule has 0 spiro atoms. The van der Waals surface area contributed by atoms with Crippen LogP contribution in [0.15, 0.2) is 22.8 Å². The summed E-state index contributed by atoms with van der Waals surface area (Å²) in [7, 11) is 0. The first-order valence-electron chi connectivity index (χ1n) is 16.4. The minimum Gasteiger partial charge on any atom is -0.459 e. The van der Waals surface area contributed by atoms with Crippen molar-refractivity contribution in [2.75, 3.05) is 6.61 Å². The van der Waals surface area contributed by atoms with Crippen molar-refractivity contribution >= 4 is 29.8 Å². The maximum Gasteiger partial charge on any atom is 0.341 e. The van der Waals surface area contributed by atoms with Gasteiger partial charge in [0, 0.05) is 38.4 Å². The Kier molecular flexibility index (Phi) is 12.4. The van der Waals surface area contributed by atoms with E-state index in [1.807, 2.05) is 0 Å². The van der Waals surface area contributed by atoms with Gasteiger partial charge in [0.15, 0.2) is 29.5 Å². The summed E-state index contributed by atoms with van der Waals surface area (Å²) in [6.07, 6.45) is -0.878. The molecule has 264 valence electrons. The van der Waals surface area contributed by atoms with Crippen molar-refractivity contribution in [1.82, 2.24) is 0 Å². The van der Waals surface area contributed by atoms with Crippen LogP contribution in [0.25, 0.3) is 0 Å². The summed E-state index contributed by atoms with van der Waals surface area (Å²) in [5, 5.41) is 32.9. The van der Waals surface area contributed by atoms with Crippen LogP contribution in [0, 0.1) is 5.92 Å². The van der Waals surface area contributed by atoms with E-state index in [4.69, 9.17) is 28.8 Å². The summed E-state index contributed by atoms with van der Waals surface area (Å²) < 4.78 is 29.2. The second kappa shape index (κ2) is 15.3. The number of carbonyl (C=O) groups is 5. The number of hydrogen-bond donors (Lipinski definition) is 3. The lowest BCUT2D eigenvalue weighted by Gasteiger charge is -2.41. The highest BCUT2D eigenvalue weighted by Gasteiger charge is 2.76. The summed E-state index contributed by atoms with van der Waals surface area (Å²) in [6.45, 7) is 10.3. The normalized spacial score (nSPS) is 33.4. The Balaban J connectivity index is 2.19. The Bertz CT molecular complexity index is 1280. The van der Waals surface area contributed by atoms with Crippen molar-refractivity contribution in [2.24, 2.45) is 5.92 Å². The molecule has 2 fully saturated rings. The predicted octanol–water partition coefficient (Wildman–Crippen LogP) is 2.90. The molecule has 0 aromatic rings. The van der Waals surface area contributed by atoms with Gasteiger partial charge in [-0.05, 0) is 65.0 Å². The fourth-order valence-corrected chi connectivity index (χ4v) is 6.94. The molecule has 0 aromatic heterocycles. The molecule has 2 aliphatic carbocycles. The third kappa shape index (κ3) is 7.57. The van der Waals surface area contributed by atoms with Crippen LogP contribution in [0.2, 0.25) is 0 Å². The smallest absolute Gasteiger partial charge is 0.341 e. The van der Waals surface area contributed by atoms with E-state index in [9.17, 15) is 34.2 Å². The summed E-state index contributed by atoms with van der Waals surface area (Å²) >= 11 is 0. The fourth-order valence-electron chi connectivity index (χ4n) is 6.94. The molecule has 1 saturated heterocycles. The Morgan fingerprint density at radius 3 is 2.17 bits per heavy atom. The molecular formula is C34H50O13. The summed E-state index contributed by atoms with van der Waals surface area (Å²) in [6, 6.07) is 0. The average molecular weight is 667 g/mol. The summed E-state index contributed by atoms with van der Waals surface area (Å²) in [4.78, 5) is 65.1. The molecule has 47 heavy (non-hydrogen) atoms. The van der Waals surface area contributed by atoms with Crippen LogP contribution < -0.4 is 0 Å². The van der Waals surface area contributed by atoms with Crippen molar-refractivity contribution in [2.45, 2.75) is 147 Å². The lowest BCUT2D eigenvalue weighted by Crippen LogP contribution is -2.64. The van der Waals surface area contributed by atoms with Crippen molar-refractivity contribution in [1.29, 1.82) is 0 Å². The highest BCUT2D eigenvalue weighted by Crippen LogP contribution is 2.57. The largest absolute Gasteiger partial charge is 0.459 e. The van der Waals surface area contributed by atoms with Gasteiger partial charge in [-0.15, -0.1) is 0 Å². The van der Waals surface area contributed by atoms with E-state index in [0.29, 0.717) is 25.7 Å². The number of carbonyl (C=O) groups excluding carboxylic acids is 5. The second-order valence-corrected chi connectivity index (χ2v) is 13.1. The first-order chi connectivity index (χ1) is 22.0. The summed E-state index contributed by atoms with van der Waals surface area (Å²) in [5.41, 5.74) is -6.24. The van der Waals surface area contributed by atoms with E-state index in [2.05, 4.69) is 0 Å². The van der Waals surface area contributed by atoms with Crippen LogP contribution in [-0.4, -0.2) is 93.0 Å². The number of fused-ring (bicyclic) bond motifs is 3. The zero-order valence-corrected chi connectivity index (χ0v) is 28.5. The van der Waals surface area contributed by atoms with Gasteiger partial charge in [-0.2, -0.15) is 0 Å². The van der Waals surface area contributed by atoms with Crippen molar-refractivity contribution in [3.63, 3.8) is 0 Å². The molecule has 0 amide bonds. The first-order valence-corrected chi connectivity index (χ1v) is 16.4. The monoisotopic (exact) mass is 666 g/mol.